The van der Waals surface area contributed by atoms with Crippen LogP contribution >= 0.6 is 11.8 Å². The third-order valence-electron chi connectivity index (χ3n) is 2.95. The van der Waals surface area contributed by atoms with Gasteiger partial charge in [0.2, 0.25) is 0 Å². The lowest BCUT2D eigenvalue weighted by molar-refractivity contribution is 0.636. The fourth-order valence-electron chi connectivity index (χ4n) is 1.65. The molecule has 18 heavy (non-hydrogen) atoms. The van der Waals surface area contributed by atoms with Gasteiger partial charge in [0.05, 0.1) is 0 Å². The Morgan fingerprint density at radius 2 is 2.06 bits per heavy atom. The molecule has 4 heteroatoms. The highest BCUT2D eigenvalue weighted by Crippen LogP contribution is 2.28. The highest BCUT2D eigenvalue weighted by molar-refractivity contribution is 7.99. The molecule has 1 rings (SSSR count). The van der Waals surface area contributed by atoms with E-state index in [1.165, 1.54) is 12.0 Å². The first-order valence-corrected chi connectivity index (χ1v) is 7.91. The SMILES string of the molecule is CCCc1c(NCC)ncnc1SCC(C)CC. The van der Waals surface area contributed by atoms with Crippen molar-refractivity contribution in [2.45, 2.75) is 52.0 Å². The lowest BCUT2D eigenvalue weighted by Crippen LogP contribution is -2.07. The van der Waals surface area contributed by atoms with Crippen molar-refractivity contribution in [1.82, 2.24) is 9.97 Å². The van der Waals surface area contributed by atoms with Crippen LogP contribution in [0.1, 0.15) is 46.1 Å². The van der Waals surface area contributed by atoms with Gasteiger partial charge in [0.1, 0.15) is 17.2 Å². The number of hydrogen-bond donors (Lipinski definition) is 1. The Morgan fingerprint density at radius 1 is 1.28 bits per heavy atom. The molecule has 1 aromatic heterocycles. The Labute approximate surface area is 115 Å². The first-order valence-electron chi connectivity index (χ1n) is 6.93. The Morgan fingerprint density at radius 3 is 2.67 bits per heavy atom. The maximum absolute atomic E-state index is 4.46. The predicted octanol–water partition coefficient (Wildman–Crippen LogP) is 4.00. The van der Waals surface area contributed by atoms with E-state index < -0.39 is 0 Å². The summed E-state index contributed by atoms with van der Waals surface area (Å²) in [6.07, 6.45) is 5.08. The van der Waals surface area contributed by atoms with Gasteiger partial charge in [-0.1, -0.05) is 33.6 Å². The van der Waals surface area contributed by atoms with E-state index in [0.29, 0.717) is 0 Å². The molecule has 0 aliphatic carbocycles. The van der Waals surface area contributed by atoms with Crippen molar-refractivity contribution in [3.8, 4) is 0 Å². The second-order valence-corrected chi connectivity index (χ2v) is 5.62. The molecule has 0 radical (unpaired) electrons. The predicted molar refractivity (Wildman–Crippen MR) is 80.4 cm³/mol. The molecule has 1 N–H and O–H groups in total. The van der Waals surface area contributed by atoms with E-state index in [1.807, 2.05) is 11.8 Å². The minimum absolute atomic E-state index is 0.738. The summed E-state index contributed by atoms with van der Waals surface area (Å²) in [5.41, 5.74) is 1.29. The molecule has 0 amide bonds. The van der Waals surface area contributed by atoms with Gasteiger partial charge in [-0.25, -0.2) is 9.97 Å². The summed E-state index contributed by atoms with van der Waals surface area (Å²) in [7, 11) is 0. The number of nitrogens with one attached hydrogen (secondary N) is 1. The zero-order valence-electron chi connectivity index (χ0n) is 12.0. The number of thioether (sulfide) groups is 1. The van der Waals surface area contributed by atoms with E-state index in [2.05, 4.69) is 43.0 Å². The molecule has 1 unspecified atom stereocenters. The van der Waals surface area contributed by atoms with E-state index in [1.54, 1.807) is 6.33 Å². The molecule has 1 atom stereocenters. The largest absolute Gasteiger partial charge is 0.370 e. The third kappa shape index (κ3) is 4.48. The van der Waals surface area contributed by atoms with Gasteiger partial charge in [-0.2, -0.15) is 0 Å². The Kier molecular flexibility index (Phi) is 7.09. The monoisotopic (exact) mass is 267 g/mol. The van der Waals surface area contributed by atoms with Crippen molar-refractivity contribution in [3.05, 3.63) is 11.9 Å². The number of hydrogen-bond acceptors (Lipinski definition) is 4. The second kappa shape index (κ2) is 8.35. The molecular formula is C14H25N3S. The van der Waals surface area contributed by atoms with Crippen molar-refractivity contribution in [2.24, 2.45) is 5.92 Å². The van der Waals surface area contributed by atoms with Crippen molar-refractivity contribution < 1.29 is 0 Å². The van der Waals surface area contributed by atoms with Gasteiger partial charge in [0.15, 0.2) is 0 Å². The van der Waals surface area contributed by atoms with Gasteiger partial charge in [0.25, 0.3) is 0 Å². The highest BCUT2D eigenvalue weighted by Gasteiger charge is 2.11. The summed E-state index contributed by atoms with van der Waals surface area (Å²) in [6.45, 7) is 9.74. The fourth-order valence-corrected chi connectivity index (χ4v) is 2.83. The Hall–Kier alpha value is -0.770. The summed E-state index contributed by atoms with van der Waals surface area (Å²) < 4.78 is 0. The van der Waals surface area contributed by atoms with E-state index in [9.17, 15) is 0 Å². The van der Waals surface area contributed by atoms with E-state index in [-0.39, 0.29) is 0 Å². The highest BCUT2D eigenvalue weighted by atomic mass is 32.2. The van der Waals surface area contributed by atoms with Crippen LogP contribution < -0.4 is 5.32 Å². The van der Waals surface area contributed by atoms with Crippen molar-refractivity contribution >= 4 is 17.6 Å². The van der Waals surface area contributed by atoms with Gasteiger partial charge in [-0.3, -0.25) is 0 Å². The summed E-state index contributed by atoms with van der Waals surface area (Å²) in [5.74, 6) is 2.89. The molecule has 0 aliphatic rings. The van der Waals surface area contributed by atoms with Crippen LogP contribution in [0.2, 0.25) is 0 Å². The smallest absolute Gasteiger partial charge is 0.133 e. The van der Waals surface area contributed by atoms with Crippen molar-refractivity contribution in [1.29, 1.82) is 0 Å². The maximum atomic E-state index is 4.46. The maximum Gasteiger partial charge on any atom is 0.133 e. The Bertz CT molecular complexity index is 355. The molecule has 3 nitrogen and oxygen atoms in total. The molecule has 1 heterocycles. The molecule has 0 fully saturated rings. The standard InChI is InChI=1S/C14H25N3S/c1-5-8-12-13(15-7-3)16-10-17-14(12)18-9-11(4)6-2/h10-11H,5-9H2,1-4H3,(H,15,16,17). The molecule has 1 aromatic rings. The van der Waals surface area contributed by atoms with Gasteiger partial charge in [0, 0.05) is 17.9 Å². The van der Waals surface area contributed by atoms with Gasteiger partial charge in [-0.05, 0) is 19.3 Å². The van der Waals surface area contributed by atoms with E-state index >= 15 is 0 Å². The van der Waals surface area contributed by atoms with E-state index in [0.717, 1.165) is 41.9 Å². The van der Waals surface area contributed by atoms with Crippen LogP contribution in [-0.2, 0) is 6.42 Å². The molecule has 0 aliphatic heterocycles. The average Bonchev–Trinajstić information content (AvgIpc) is 2.39. The van der Waals surface area contributed by atoms with Crippen LogP contribution in [0.15, 0.2) is 11.4 Å². The first kappa shape index (κ1) is 15.3. The Balaban J connectivity index is 2.84. The summed E-state index contributed by atoms with van der Waals surface area (Å²) in [6, 6.07) is 0. The first-order chi connectivity index (χ1) is 8.72. The van der Waals surface area contributed by atoms with Crippen LogP contribution in [0.25, 0.3) is 0 Å². The summed E-state index contributed by atoms with van der Waals surface area (Å²) in [4.78, 5) is 8.82. The van der Waals surface area contributed by atoms with Crippen LogP contribution in [0, 0.1) is 5.92 Å². The molecule has 0 spiro atoms. The topological polar surface area (TPSA) is 37.8 Å². The zero-order valence-corrected chi connectivity index (χ0v) is 12.8. The number of anilines is 1. The van der Waals surface area contributed by atoms with Crippen LogP contribution in [0.4, 0.5) is 5.82 Å². The van der Waals surface area contributed by atoms with Crippen LogP contribution in [-0.4, -0.2) is 22.3 Å². The lowest BCUT2D eigenvalue weighted by atomic mass is 10.2. The number of aromatic nitrogens is 2. The molecule has 0 aromatic carbocycles. The second-order valence-electron chi connectivity index (χ2n) is 4.61. The lowest BCUT2D eigenvalue weighted by Gasteiger charge is -2.14. The van der Waals surface area contributed by atoms with Crippen LogP contribution in [0.3, 0.4) is 0 Å². The number of rotatable bonds is 8. The van der Waals surface area contributed by atoms with Crippen molar-refractivity contribution in [2.75, 3.05) is 17.6 Å². The molecule has 0 bridgehead atoms. The zero-order chi connectivity index (χ0) is 13.4. The average molecular weight is 267 g/mol. The summed E-state index contributed by atoms with van der Waals surface area (Å²) in [5, 5.41) is 4.49. The number of nitrogens with zero attached hydrogens (tertiary/aromatic N) is 2. The van der Waals surface area contributed by atoms with Crippen LogP contribution in [0.5, 0.6) is 0 Å². The quantitative estimate of drug-likeness (QED) is 0.570. The van der Waals surface area contributed by atoms with Gasteiger partial charge in [-0.15, -0.1) is 11.8 Å². The minimum Gasteiger partial charge on any atom is -0.370 e. The van der Waals surface area contributed by atoms with E-state index in [4.69, 9.17) is 0 Å². The minimum atomic E-state index is 0.738. The normalized spacial score (nSPS) is 12.4. The molecule has 0 saturated heterocycles. The molecule has 102 valence electrons. The van der Waals surface area contributed by atoms with Gasteiger partial charge >= 0.3 is 0 Å². The van der Waals surface area contributed by atoms with Gasteiger partial charge < -0.3 is 5.32 Å². The fraction of sp³-hybridized carbons (Fsp3) is 0.714. The third-order valence-corrected chi connectivity index (χ3v) is 4.31. The molecular weight excluding hydrogens is 242 g/mol. The molecule has 0 saturated carbocycles. The summed E-state index contributed by atoms with van der Waals surface area (Å²) >= 11 is 1.87. The van der Waals surface area contributed by atoms with Crippen molar-refractivity contribution in [3.63, 3.8) is 0 Å².